The Morgan fingerprint density at radius 1 is 1.00 bits per heavy atom. The third-order valence-electron chi connectivity index (χ3n) is 5.59. The van der Waals surface area contributed by atoms with Crippen molar-refractivity contribution >= 4 is 22.1 Å². The molecule has 1 saturated heterocycles. The highest BCUT2D eigenvalue weighted by molar-refractivity contribution is 7.89. The highest BCUT2D eigenvalue weighted by Crippen LogP contribution is 2.24. The Morgan fingerprint density at radius 2 is 1.69 bits per heavy atom. The summed E-state index contributed by atoms with van der Waals surface area (Å²) in [5.41, 5.74) is 3.87. The van der Waals surface area contributed by atoms with Crippen LogP contribution < -0.4 is 0 Å². The lowest BCUT2D eigenvalue weighted by Gasteiger charge is -2.26. The minimum atomic E-state index is -3.55. The number of rotatable bonds is 7. The summed E-state index contributed by atoms with van der Waals surface area (Å²) in [4.78, 5) is 12.3. The van der Waals surface area contributed by atoms with Crippen LogP contribution in [-0.4, -0.2) is 45.0 Å². The van der Waals surface area contributed by atoms with E-state index < -0.39 is 16.0 Å². The minimum absolute atomic E-state index is 0.111. The molecule has 3 aromatic carbocycles. The van der Waals surface area contributed by atoms with Gasteiger partial charge in [-0.15, -0.1) is 0 Å². The van der Waals surface area contributed by atoms with E-state index in [1.54, 1.807) is 24.3 Å². The molecule has 0 radical (unpaired) electrons. The van der Waals surface area contributed by atoms with Crippen LogP contribution in [0, 0.1) is 11.3 Å². The van der Waals surface area contributed by atoms with Crippen LogP contribution in [0.1, 0.15) is 16.7 Å². The number of carbonyl (C=O) groups excluding carboxylic acids is 1. The van der Waals surface area contributed by atoms with E-state index in [4.69, 9.17) is 9.47 Å². The fourth-order valence-electron chi connectivity index (χ4n) is 3.67. The molecule has 0 unspecified atom stereocenters. The molecule has 1 aliphatic rings. The van der Waals surface area contributed by atoms with E-state index in [1.165, 1.54) is 22.5 Å². The van der Waals surface area contributed by atoms with Gasteiger partial charge in [0.1, 0.15) is 6.61 Å². The van der Waals surface area contributed by atoms with Gasteiger partial charge in [0.25, 0.3) is 0 Å². The van der Waals surface area contributed by atoms with Gasteiger partial charge in [-0.25, -0.2) is 13.2 Å². The van der Waals surface area contributed by atoms with Gasteiger partial charge in [0, 0.05) is 19.2 Å². The van der Waals surface area contributed by atoms with Crippen molar-refractivity contribution in [3.63, 3.8) is 0 Å². The second-order valence-corrected chi connectivity index (χ2v) is 9.82. The van der Waals surface area contributed by atoms with E-state index in [1.807, 2.05) is 42.5 Å². The molecule has 178 valence electrons. The standard InChI is InChI=1S/C27H24N2O5S/c28-19-24-3-1-2-4-26(24)23-10-5-22(6-11-23)20-34-27(30)14-9-21-7-12-25(13-8-21)35(31,32)29-15-17-33-18-16-29/h1-14H,15-18,20H2/b14-9+. The molecule has 1 aliphatic heterocycles. The van der Waals surface area contributed by atoms with Crippen molar-refractivity contribution in [2.75, 3.05) is 26.3 Å². The molecule has 8 heteroatoms. The Hall–Kier alpha value is -3.77. The van der Waals surface area contributed by atoms with Crippen LogP contribution in [0.4, 0.5) is 0 Å². The molecular formula is C27H24N2O5S. The van der Waals surface area contributed by atoms with Crippen LogP contribution in [0.25, 0.3) is 17.2 Å². The number of morpholine rings is 1. The summed E-state index contributed by atoms with van der Waals surface area (Å²) in [6.45, 7) is 1.57. The zero-order valence-electron chi connectivity index (χ0n) is 19.0. The number of hydrogen-bond acceptors (Lipinski definition) is 6. The lowest BCUT2D eigenvalue weighted by molar-refractivity contribution is -0.138. The Morgan fingerprint density at radius 3 is 2.37 bits per heavy atom. The largest absolute Gasteiger partial charge is 0.458 e. The minimum Gasteiger partial charge on any atom is -0.458 e. The van der Waals surface area contributed by atoms with Crippen LogP contribution in [0.15, 0.2) is 83.8 Å². The molecule has 7 nitrogen and oxygen atoms in total. The first kappa shape index (κ1) is 24.4. The summed E-state index contributed by atoms with van der Waals surface area (Å²) in [7, 11) is -3.55. The van der Waals surface area contributed by atoms with Crippen molar-refractivity contribution in [1.82, 2.24) is 4.31 Å². The van der Waals surface area contributed by atoms with Crippen LogP contribution in [0.5, 0.6) is 0 Å². The normalized spacial score (nSPS) is 14.5. The zero-order chi connectivity index (χ0) is 24.7. The SMILES string of the molecule is N#Cc1ccccc1-c1ccc(COC(=O)/C=C/c2ccc(S(=O)(=O)N3CCOCC3)cc2)cc1. The second-order valence-electron chi connectivity index (χ2n) is 7.88. The number of benzene rings is 3. The van der Waals surface area contributed by atoms with E-state index >= 15 is 0 Å². The van der Waals surface area contributed by atoms with E-state index in [-0.39, 0.29) is 11.5 Å². The fourth-order valence-corrected chi connectivity index (χ4v) is 5.07. The molecule has 4 rings (SSSR count). The predicted octanol–water partition coefficient (Wildman–Crippen LogP) is 4.00. The lowest BCUT2D eigenvalue weighted by atomic mass is 9.99. The molecule has 1 fully saturated rings. The van der Waals surface area contributed by atoms with Gasteiger partial charge in [0.2, 0.25) is 10.0 Å². The average Bonchev–Trinajstić information content (AvgIpc) is 2.91. The molecule has 0 bridgehead atoms. The maximum Gasteiger partial charge on any atom is 0.331 e. The van der Waals surface area contributed by atoms with Gasteiger partial charge in [0.05, 0.1) is 29.7 Å². The topological polar surface area (TPSA) is 96.7 Å². The summed E-state index contributed by atoms with van der Waals surface area (Å²) in [6, 6.07) is 23.4. The molecule has 1 heterocycles. The van der Waals surface area contributed by atoms with Crippen LogP contribution in [0.2, 0.25) is 0 Å². The number of nitriles is 1. The van der Waals surface area contributed by atoms with Gasteiger partial charge in [0.15, 0.2) is 0 Å². The predicted molar refractivity (Wildman–Crippen MR) is 131 cm³/mol. The molecule has 0 saturated carbocycles. The summed E-state index contributed by atoms with van der Waals surface area (Å²) in [5, 5.41) is 9.27. The summed E-state index contributed by atoms with van der Waals surface area (Å²) >= 11 is 0. The highest BCUT2D eigenvalue weighted by atomic mass is 32.2. The van der Waals surface area contributed by atoms with Crippen molar-refractivity contribution < 1.29 is 22.7 Å². The number of nitrogens with zero attached hydrogens (tertiary/aromatic N) is 2. The first-order valence-electron chi connectivity index (χ1n) is 11.1. The molecule has 0 spiro atoms. The highest BCUT2D eigenvalue weighted by Gasteiger charge is 2.25. The first-order valence-corrected chi connectivity index (χ1v) is 12.5. The van der Waals surface area contributed by atoms with Crippen molar-refractivity contribution in [1.29, 1.82) is 5.26 Å². The van der Waals surface area contributed by atoms with E-state index in [0.29, 0.717) is 37.4 Å². The monoisotopic (exact) mass is 488 g/mol. The van der Waals surface area contributed by atoms with E-state index in [2.05, 4.69) is 6.07 Å². The third-order valence-corrected chi connectivity index (χ3v) is 7.51. The van der Waals surface area contributed by atoms with E-state index in [9.17, 15) is 18.5 Å². The molecule has 35 heavy (non-hydrogen) atoms. The van der Waals surface area contributed by atoms with Crippen LogP contribution >= 0.6 is 0 Å². The maximum absolute atomic E-state index is 12.7. The summed E-state index contributed by atoms with van der Waals surface area (Å²) < 4.78 is 37.3. The average molecular weight is 489 g/mol. The Balaban J connectivity index is 1.32. The maximum atomic E-state index is 12.7. The van der Waals surface area contributed by atoms with Gasteiger partial charge in [-0.2, -0.15) is 9.57 Å². The second kappa shape index (κ2) is 11.1. The third kappa shape index (κ3) is 6.03. The molecule has 0 amide bonds. The molecule has 0 aromatic heterocycles. The smallest absolute Gasteiger partial charge is 0.331 e. The van der Waals surface area contributed by atoms with E-state index in [0.717, 1.165) is 16.7 Å². The van der Waals surface area contributed by atoms with Gasteiger partial charge < -0.3 is 9.47 Å². The van der Waals surface area contributed by atoms with Gasteiger partial charge in [-0.3, -0.25) is 0 Å². The molecule has 3 aromatic rings. The molecule has 0 N–H and O–H groups in total. The van der Waals surface area contributed by atoms with Crippen LogP contribution in [-0.2, 0) is 30.9 Å². The molecular weight excluding hydrogens is 464 g/mol. The number of carbonyl (C=O) groups is 1. The fraction of sp³-hybridized carbons (Fsp3) is 0.185. The van der Waals surface area contributed by atoms with Crippen LogP contribution in [0.3, 0.4) is 0 Å². The summed E-state index contributed by atoms with van der Waals surface area (Å²) in [6.07, 6.45) is 2.89. The number of hydrogen-bond donors (Lipinski definition) is 0. The van der Waals surface area contributed by atoms with Crippen molar-refractivity contribution in [2.24, 2.45) is 0 Å². The molecule has 0 atom stereocenters. The van der Waals surface area contributed by atoms with Crippen molar-refractivity contribution in [2.45, 2.75) is 11.5 Å². The number of esters is 1. The zero-order valence-corrected chi connectivity index (χ0v) is 19.8. The van der Waals surface area contributed by atoms with Gasteiger partial charge in [-0.05, 0) is 46.5 Å². The summed E-state index contributed by atoms with van der Waals surface area (Å²) in [5.74, 6) is -0.506. The lowest BCUT2D eigenvalue weighted by Crippen LogP contribution is -2.40. The quantitative estimate of drug-likeness (QED) is 0.368. The number of ether oxygens (including phenoxy) is 2. The Labute approximate surface area is 204 Å². The Kier molecular flexibility index (Phi) is 7.73. The molecule has 0 aliphatic carbocycles. The van der Waals surface area contributed by atoms with Gasteiger partial charge >= 0.3 is 5.97 Å². The number of sulfonamides is 1. The first-order chi connectivity index (χ1) is 17.0. The van der Waals surface area contributed by atoms with Crippen molar-refractivity contribution in [3.05, 3.63) is 95.6 Å². The van der Waals surface area contributed by atoms with Gasteiger partial charge in [-0.1, -0.05) is 54.6 Å². The van der Waals surface area contributed by atoms with Crippen molar-refractivity contribution in [3.8, 4) is 17.2 Å². The Bertz CT molecular complexity index is 1350.